The number of nitrogens with one attached hydrogen (secondary N) is 1. The molecule has 0 atom stereocenters. The van der Waals surface area contributed by atoms with Gasteiger partial charge in [-0.1, -0.05) is 6.08 Å². The van der Waals surface area contributed by atoms with Crippen molar-refractivity contribution < 1.29 is 8.42 Å². The molecule has 0 radical (unpaired) electrons. The van der Waals surface area contributed by atoms with Crippen LogP contribution >= 0.6 is 11.3 Å². The first kappa shape index (κ1) is 11.4. The highest BCUT2D eigenvalue weighted by Gasteiger charge is 2.08. The second kappa shape index (κ2) is 4.68. The number of sulfonamides is 1. The van der Waals surface area contributed by atoms with Crippen molar-refractivity contribution in [2.24, 2.45) is 0 Å². The van der Waals surface area contributed by atoms with E-state index < -0.39 is 10.0 Å². The lowest BCUT2D eigenvalue weighted by molar-refractivity contribution is 0.584. The molecule has 0 aliphatic carbocycles. The van der Waals surface area contributed by atoms with Crippen LogP contribution < -0.4 is 4.72 Å². The third kappa shape index (κ3) is 3.57. The highest BCUT2D eigenvalue weighted by molar-refractivity contribution is 7.89. The number of aryl methyl sites for hydroxylation is 1. The Balaban J connectivity index is 2.52. The average molecular weight is 232 g/mol. The SMILES string of the molecule is C=CCS(=O)(=O)NCc1nc(C)cs1. The van der Waals surface area contributed by atoms with Crippen molar-refractivity contribution in [2.75, 3.05) is 5.75 Å². The lowest BCUT2D eigenvalue weighted by atomic mass is 10.6. The topological polar surface area (TPSA) is 59.1 Å². The van der Waals surface area contributed by atoms with Crippen molar-refractivity contribution in [3.8, 4) is 0 Å². The van der Waals surface area contributed by atoms with Gasteiger partial charge in [0.05, 0.1) is 12.3 Å². The fraction of sp³-hybridized carbons (Fsp3) is 0.375. The molecule has 0 saturated carbocycles. The normalized spacial score (nSPS) is 11.5. The van der Waals surface area contributed by atoms with E-state index in [0.717, 1.165) is 10.7 Å². The summed E-state index contributed by atoms with van der Waals surface area (Å²) in [5.74, 6) is -0.0582. The number of thiazole rings is 1. The standard InChI is InChI=1S/C8H12N2O2S2/c1-3-4-14(11,12)9-5-8-10-7(2)6-13-8/h3,6,9H,1,4-5H2,2H3. The van der Waals surface area contributed by atoms with Crippen LogP contribution in [0.25, 0.3) is 0 Å². The number of hydrogen-bond acceptors (Lipinski definition) is 4. The lowest BCUT2D eigenvalue weighted by Gasteiger charge is -2.00. The van der Waals surface area contributed by atoms with Gasteiger partial charge in [0.15, 0.2) is 0 Å². The van der Waals surface area contributed by atoms with Gasteiger partial charge in [-0.05, 0) is 6.92 Å². The zero-order valence-corrected chi connectivity index (χ0v) is 9.49. The molecule has 0 spiro atoms. The molecule has 0 aromatic carbocycles. The van der Waals surface area contributed by atoms with E-state index in [1.165, 1.54) is 17.4 Å². The Bertz CT molecular complexity index is 409. The molecule has 1 heterocycles. The van der Waals surface area contributed by atoms with Crippen molar-refractivity contribution in [1.82, 2.24) is 9.71 Å². The third-order valence-electron chi connectivity index (χ3n) is 1.45. The van der Waals surface area contributed by atoms with Gasteiger partial charge in [-0.15, -0.1) is 17.9 Å². The molecule has 78 valence electrons. The Morgan fingerprint density at radius 2 is 2.43 bits per heavy atom. The largest absolute Gasteiger partial charge is 0.245 e. The summed E-state index contributed by atoms with van der Waals surface area (Å²) in [5, 5.41) is 2.66. The van der Waals surface area contributed by atoms with Crippen LogP contribution in [0.3, 0.4) is 0 Å². The highest BCUT2D eigenvalue weighted by Crippen LogP contribution is 2.08. The van der Waals surface area contributed by atoms with E-state index in [1.54, 1.807) is 0 Å². The summed E-state index contributed by atoms with van der Waals surface area (Å²) in [6, 6.07) is 0. The molecule has 14 heavy (non-hydrogen) atoms. The van der Waals surface area contributed by atoms with Gasteiger partial charge in [0.1, 0.15) is 5.01 Å². The molecule has 0 saturated heterocycles. The first-order chi connectivity index (χ1) is 6.53. The van der Waals surface area contributed by atoms with Gasteiger partial charge in [-0.2, -0.15) is 0 Å². The van der Waals surface area contributed by atoms with E-state index in [1.807, 2.05) is 12.3 Å². The van der Waals surface area contributed by atoms with Crippen LogP contribution in [0.4, 0.5) is 0 Å². The molecule has 0 aliphatic rings. The quantitative estimate of drug-likeness (QED) is 0.772. The minimum absolute atomic E-state index is 0.0582. The summed E-state index contributed by atoms with van der Waals surface area (Å²) < 4.78 is 24.8. The third-order valence-corrected chi connectivity index (χ3v) is 3.67. The first-order valence-corrected chi connectivity index (χ1v) is 6.56. The van der Waals surface area contributed by atoms with Crippen molar-refractivity contribution in [2.45, 2.75) is 13.5 Å². The number of hydrogen-bond donors (Lipinski definition) is 1. The minimum Gasteiger partial charge on any atom is -0.245 e. The number of aromatic nitrogens is 1. The average Bonchev–Trinajstić information content (AvgIpc) is 2.48. The van der Waals surface area contributed by atoms with Crippen molar-refractivity contribution in [3.63, 3.8) is 0 Å². The maximum Gasteiger partial charge on any atom is 0.215 e. The molecule has 0 bridgehead atoms. The van der Waals surface area contributed by atoms with E-state index in [9.17, 15) is 8.42 Å². The monoisotopic (exact) mass is 232 g/mol. The van der Waals surface area contributed by atoms with E-state index in [-0.39, 0.29) is 12.3 Å². The smallest absolute Gasteiger partial charge is 0.215 e. The van der Waals surface area contributed by atoms with Crippen LogP contribution in [0.15, 0.2) is 18.0 Å². The number of nitrogens with zero attached hydrogens (tertiary/aromatic N) is 1. The fourth-order valence-corrected chi connectivity index (χ4v) is 2.46. The molecule has 1 aromatic rings. The summed E-state index contributed by atoms with van der Waals surface area (Å²) in [6.45, 7) is 5.50. The van der Waals surface area contributed by atoms with Gasteiger partial charge in [0.2, 0.25) is 10.0 Å². The molecule has 0 aliphatic heterocycles. The van der Waals surface area contributed by atoms with Gasteiger partial charge < -0.3 is 0 Å². The van der Waals surface area contributed by atoms with Crippen LogP contribution in [0.5, 0.6) is 0 Å². The lowest BCUT2D eigenvalue weighted by Crippen LogP contribution is -2.24. The van der Waals surface area contributed by atoms with Gasteiger partial charge >= 0.3 is 0 Å². The zero-order chi connectivity index (χ0) is 10.6. The van der Waals surface area contributed by atoms with E-state index >= 15 is 0 Å². The number of rotatable bonds is 5. The van der Waals surface area contributed by atoms with Gasteiger partial charge in [-0.25, -0.2) is 18.1 Å². The predicted molar refractivity (Wildman–Crippen MR) is 57.7 cm³/mol. The highest BCUT2D eigenvalue weighted by atomic mass is 32.2. The molecule has 0 amide bonds. The van der Waals surface area contributed by atoms with Gasteiger partial charge in [0, 0.05) is 11.1 Å². The molecular formula is C8H12N2O2S2. The van der Waals surface area contributed by atoms with Crippen LogP contribution in [0.1, 0.15) is 10.7 Å². The van der Waals surface area contributed by atoms with Crippen LogP contribution in [-0.2, 0) is 16.6 Å². The van der Waals surface area contributed by atoms with E-state index in [4.69, 9.17) is 0 Å². The Hall–Kier alpha value is -0.720. The summed E-state index contributed by atoms with van der Waals surface area (Å²) in [6.07, 6.45) is 1.36. The van der Waals surface area contributed by atoms with Crippen LogP contribution in [0.2, 0.25) is 0 Å². The van der Waals surface area contributed by atoms with Crippen molar-refractivity contribution >= 4 is 21.4 Å². The Morgan fingerprint density at radius 1 is 1.71 bits per heavy atom. The van der Waals surface area contributed by atoms with Crippen molar-refractivity contribution in [1.29, 1.82) is 0 Å². The summed E-state index contributed by atoms with van der Waals surface area (Å²) in [7, 11) is -3.22. The summed E-state index contributed by atoms with van der Waals surface area (Å²) in [4.78, 5) is 4.14. The molecule has 1 rings (SSSR count). The van der Waals surface area contributed by atoms with Crippen LogP contribution in [-0.4, -0.2) is 19.2 Å². The Labute approximate surface area is 87.7 Å². The molecule has 0 fully saturated rings. The van der Waals surface area contributed by atoms with Gasteiger partial charge in [0.25, 0.3) is 0 Å². The van der Waals surface area contributed by atoms with E-state index in [0.29, 0.717) is 0 Å². The second-order valence-corrected chi connectivity index (χ2v) is 5.57. The molecule has 6 heteroatoms. The van der Waals surface area contributed by atoms with Crippen LogP contribution in [0, 0.1) is 6.92 Å². The van der Waals surface area contributed by atoms with Crippen molar-refractivity contribution in [3.05, 3.63) is 28.7 Å². The Morgan fingerprint density at radius 3 is 2.93 bits per heavy atom. The molecule has 1 aromatic heterocycles. The minimum atomic E-state index is -3.22. The molecule has 1 N–H and O–H groups in total. The van der Waals surface area contributed by atoms with E-state index in [2.05, 4.69) is 16.3 Å². The summed E-state index contributed by atoms with van der Waals surface area (Å²) in [5.41, 5.74) is 0.910. The summed E-state index contributed by atoms with van der Waals surface area (Å²) >= 11 is 1.44. The molecule has 4 nitrogen and oxygen atoms in total. The zero-order valence-electron chi connectivity index (χ0n) is 7.86. The fourth-order valence-electron chi connectivity index (χ4n) is 0.870. The molecule has 0 unspecified atom stereocenters. The maximum absolute atomic E-state index is 11.2. The second-order valence-electron chi connectivity index (χ2n) is 2.77. The first-order valence-electron chi connectivity index (χ1n) is 4.03. The Kier molecular flexibility index (Phi) is 3.79. The maximum atomic E-state index is 11.2. The predicted octanol–water partition coefficient (Wildman–Crippen LogP) is 1.06. The molecular weight excluding hydrogens is 220 g/mol. The van der Waals surface area contributed by atoms with Gasteiger partial charge in [-0.3, -0.25) is 0 Å².